The lowest BCUT2D eigenvalue weighted by molar-refractivity contribution is 0.102. The van der Waals surface area contributed by atoms with Crippen molar-refractivity contribution >= 4 is 11.6 Å². The van der Waals surface area contributed by atoms with Crippen molar-refractivity contribution in [2.45, 2.75) is 26.9 Å². The zero-order valence-corrected chi connectivity index (χ0v) is 12.1. The van der Waals surface area contributed by atoms with Gasteiger partial charge in [0.1, 0.15) is 17.1 Å². The predicted molar refractivity (Wildman–Crippen MR) is 79.8 cm³/mol. The lowest BCUT2D eigenvalue weighted by Crippen LogP contribution is -2.24. The number of hydrogen-bond acceptors (Lipinski definition) is 4. The minimum atomic E-state index is -0.499. The SMILES string of the molecule is Cc1ncc(C(=O)Nc2ccc(OC(C)C)cc2)c(=O)[nH]1. The van der Waals surface area contributed by atoms with Gasteiger partial charge in [-0.25, -0.2) is 4.98 Å². The summed E-state index contributed by atoms with van der Waals surface area (Å²) in [6, 6.07) is 6.94. The first-order valence-corrected chi connectivity index (χ1v) is 6.59. The maximum Gasteiger partial charge on any atom is 0.263 e. The van der Waals surface area contributed by atoms with Gasteiger partial charge >= 0.3 is 0 Å². The molecule has 6 heteroatoms. The summed E-state index contributed by atoms with van der Waals surface area (Å²) < 4.78 is 5.51. The predicted octanol–water partition coefficient (Wildman–Crippen LogP) is 2.12. The standard InChI is InChI=1S/C15H17N3O3/c1-9(2)21-12-6-4-11(5-7-12)18-15(20)13-8-16-10(3)17-14(13)19/h4-9H,1-3H3,(H,18,20)(H,16,17,19). The lowest BCUT2D eigenvalue weighted by Gasteiger charge is -2.10. The van der Waals surface area contributed by atoms with Gasteiger partial charge in [0.05, 0.1) is 6.10 Å². The molecule has 1 heterocycles. The minimum absolute atomic E-state index is 0.0249. The van der Waals surface area contributed by atoms with Gasteiger partial charge in [-0.15, -0.1) is 0 Å². The molecule has 1 aromatic heterocycles. The van der Waals surface area contributed by atoms with Gasteiger partial charge in [0, 0.05) is 11.9 Å². The van der Waals surface area contributed by atoms with Crippen molar-refractivity contribution in [3.8, 4) is 5.75 Å². The van der Waals surface area contributed by atoms with Crippen molar-refractivity contribution in [1.82, 2.24) is 9.97 Å². The molecule has 0 aliphatic carbocycles. The van der Waals surface area contributed by atoms with E-state index in [1.807, 2.05) is 13.8 Å². The number of aromatic nitrogens is 2. The first-order valence-electron chi connectivity index (χ1n) is 6.59. The number of aryl methyl sites for hydroxylation is 1. The van der Waals surface area contributed by atoms with Crippen LogP contribution < -0.4 is 15.6 Å². The highest BCUT2D eigenvalue weighted by molar-refractivity contribution is 6.03. The number of H-pyrrole nitrogens is 1. The average molecular weight is 287 g/mol. The summed E-state index contributed by atoms with van der Waals surface area (Å²) in [6.45, 7) is 5.52. The van der Waals surface area contributed by atoms with Gasteiger partial charge < -0.3 is 15.0 Å². The average Bonchev–Trinajstić information content (AvgIpc) is 2.40. The smallest absolute Gasteiger partial charge is 0.263 e. The van der Waals surface area contributed by atoms with E-state index in [0.29, 0.717) is 11.5 Å². The van der Waals surface area contributed by atoms with Crippen LogP contribution in [0.2, 0.25) is 0 Å². The topological polar surface area (TPSA) is 84.1 Å². The van der Waals surface area contributed by atoms with E-state index in [1.54, 1.807) is 31.2 Å². The molecule has 2 rings (SSSR count). The Kier molecular flexibility index (Phi) is 4.37. The van der Waals surface area contributed by atoms with E-state index in [-0.39, 0.29) is 11.7 Å². The van der Waals surface area contributed by atoms with E-state index in [9.17, 15) is 9.59 Å². The van der Waals surface area contributed by atoms with E-state index < -0.39 is 11.5 Å². The molecule has 0 aliphatic rings. The molecular weight excluding hydrogens is 270 g/mol. The Morgan fingerprint density at radius 3 is 2.52 bits per heavy atom. The first-order chi connectivity index (χ1) is 9.95. The monoisotopic (exact) mass is 287 g/mol. The maximum absolute atomic E-state index is 12.0. The summed E-state index contributed by atoms with van der Waals surface area (Å²) in [5.74, 6) is 0.686. The Balaban J connectivity index is 2.10. The Labute approximate surface area is 122 Å². The number of aromatic amines is 1. The van der Waals surface area contributed by atoms with Crippen molar-refractivity contribution in [2.75, 3.05) is 5.32 Å². The molecule has 2 N–H and O–H groups in total. The second-order valence-electron chi connectivity index (χ2n) is 4.86. The summed E-state index contributed by atoms with van der Waals surface area (Å²) in [5.41, 5.74) is 0.0962. The molecule has 0 saturated heterocycles. The van der Waals surface area contributed by atoms with Gasteiger partial charge in [-0.05, 0) is 45.0 Å². The second kappa shape index (κ2) is 6.21. The van der Waals surface area contributed by atoms with Crippen LogP contribution in [0.15, 0.2) is 35.3 Å². The maximum atomic E-state index is 12.0. The molecule has 0 aliphatic heterocycles. The number of carbonyl (C=O) groups excluding carboxylic acids is 1. The zero-order valence-electron chi connectivity index (χ0n) is 12.1. The van der Waals surface area contributed by atoms with Gasteiger partial charge in [0.2, 0.25) is 0 Å². The number of anilines is 1. The number of benzene rings is 1. The highest BCUT2D eigenvalue weighted by Crippen LogP contribution is 2.17. The van der Waals surface area contributed by atoms with Crippen LogP contribution in [0.25, 0.3) is 0 Å². The van der Waals surface area contributed by atoms with Crippen molar-refractivity contribution in [3.05, 3.63) is 52.2 Å². The molecule has 110 valence electrons. The van der Waals surface area contributed by atoms with E-state index in [2.05, 4.69) is 15.3 Å². The summed E-state index contributed by atoms with van der Waals surface area (Å²) in [6.07, 6.45) is 1.35. The van der Waals surface area contributed by atoms with Crippen LogP contribution in [0, 0.1) is 6.92 Å². The summed E-state index contributed by atoms with van der Waals surface area (Å²) in [4.78, 5) is 30.1. The third kappa shape index (κ3) is 3.92. The quantitative estimate of drug-likeness (QED) is 0.902. The Bertz CT molecular complexity index is 690. The fourth-order valence-corrected chi connectivity index (χ4v) is 1.73. The van der Waals surface area contributed by atoms with Crippen molar-refractivity contribution < 1.29 is 9.53 Å². The van der Waals surface area contributed by atoms with Crippen molar-refractivity contribution in [1.29, 1.82) is 0 Å². The molecule has 0 bridgehead atoms. The number of nitrogens with zero attached hydrogens (tertiary/aromatic N) is 1. The van der Waals surface area contributed by atoms with Crippen LogP contribution in [-0.2, 0) is 0 Å². The summed E-state index contributed by atoms with van der Waals surface area (Å²) in [5, 5.41) is 2.64. The van der Waals surface area contributed by atoms with Crippen LogP contribution in [-0.4, -0.2) is 22.0 Å². The van der Waals surface area contributed by atoms with Crippen LogP contribution in [0.1, 0.15) is 30.0 Å². The minimum Gasteiger partial charge on any atom is -0.491 e. The number of amides is 1. The molecule has 1 aromatic carbocycles. The van der Waals surface area contributed by atoms with E-state index in [1.165, 1.54) is 6.20 Å². The molecule has 0 radical (unpaired) electrons. The van der Waals surface area contributed by atoms with E-state index >= 15 is 0 Å². The molecular formula is C15H17N3O3. The third-order valence-corrected chi connectivity index (χ3v) is 2.65. The van der Waals surface area contributed by atoms with Crippen LogP contribution in [0.3, 0.4) is 0 Å². The number of rotatable bonds is 4. The fourth-order valence-electron chi connectivity index (χ4n) is 1.73. The first kappa shape index (κ1) is 14.8. The van der Waals surface area contributed by atoms with Gasteiger partial charge in [-0.3, -0.25) is 9.59 Å². The zero-order chi connectivity index (χ0) is 15.4. The fraction of sp³-hybridized carbons (Fsp3) is 0.267. The van der Waals surface area contributed by atoms with E-state index in [0.717, 1.165) is 5.75 Å². The molecule has 0 atom stereocenters. The number of ether oxygens (including phenoxy) is 1. The molecule has 1 amide bonds. The molecule has 0 saturated carbocycles. The Morgan fingerprint density at radius 2 is 1.95 bits per heavy atom. The second-order valence-corrected chi connectivity index (χ2v) is 4.86. The number of carbonyl (C=O) groups is 1. The highest BCUT2D eigenvalue weighted by atomic mass is 16.5. The lowest BCUT2D eigenvalue weighted by atomic mass is 10.2. The van der Waals surface area contributed by atoms with Gasteiger partial charge in [0.25, 0.3) is 11.5 Å². The van der Waals surface area contributed by atoms with Crippen molar-refractivity contribution in [2.24, 2.45) is 0 Å². The van der Waals surface area contributed by atoms with Crippen LogP contribution >= 0.6 is 0 Å². The van der Waals surface area contributed by atoms with Crippen LogP contribution in [0.4, 0.5) is 5.69 Å². The van der Waals surface area contributed by atoms with Gasteiger partial charge in [-0.1, -0.05) is 0 Å². The summed E-state index contributed by atoms with van der Waals surface area (Å²) in [7, 11) is 0. The normalized spacial score (nSPS) is 10.5. The number of hydrogen-bond donors (Lipinski definition) is 2. The van der Waals surface area contributed by atoms with Gasteiger partial charge in [-0.2, -0.15) is 0 Å². The number of nitrogens with one attached hydrogen (secondary N) is 2. The third-order valence-electron chi connectivity index (χ3n) is 2.65. The Morgan fingerprint density at radius 1 is 1.29 bits per heavy atom. The largest absolute Gasteiger partial charge is 0.491 e. The molecule has 2 aromatic rings. The van der Waals surface area contributed by atoms with Crippen LogP contribution in [0.5, 0.6) is 5.75 Å². The van der Waals surface area contributed by atoms with Gasteiger partial charge in [0.15, 0.2) is 0 Å². The molecule has 21 heavy (non-hydrogen) atoms. The highest BCUT2D eigenvalue weighted by Gasteiger charge is 2.11. The Hall–Kier alpha value is -2.63. The molecule has 0 spiro atoms. The summed E-state index contributed by atoms with van der Waals surface area (Å²) >= 11 is 0. The molecule has 6 nitrogen and oxygen atoms in total. The molecule has 0 unspecified atom stereocenters. The van der Waals surface area contributed by atoms with Crippen molar-refractivity contribution in [3.63, 3.8) is 0 Å². The molecule has 0 fully saturated rings. The van der Waals surface area contributed by atoms with E-state index in [4.69, 9.17) is 4.74 Å².